The van der Waals surface area contributed by atoms with Gasteiger partial charge >= 0.3 is 0 Å². The summed E-state index contributed by atoms with van der Waals surface area (Å²) in [5, 5.41) is 2.94. The molecule has 0 saturated carbocycles. The Labute approximate surface area is 115 Å². The van der Waals surface area contributed by atoms with Crippen LogP contribution in [0.5, 0.6) is 0 Å². The van der Waals surface area contributed by atoms with E-state index in [2.05, 4.69) is 43.4 Å². The van der Waals surface area contributed by atoms with Gasteiger partial charge in [0.25, 0.3) is 0 Å². The molecule has 1 fully saturated rings. The number of benzene rings is 1. The molecular weight excluding hydrogens is 236 g/mol. The number of hydrogen-bond donors (Lipinski definition) is 2. The molecule has 19 heavy (non-hydrogen) atoms. The molecule has 0 bridgehead atoms. The van der Waals surface area contributed by atoms with E-state index in [0.717, 1.165) is 19.4 Å². The van der Waals surface area contributed by atoms with Gasteiger partial charge in [-0.05, 0) is 29.9 Å². The lowest BCUT2D eigenvalue weighted by Gasteiger charge is -2.31. The van der Waals surface area contributed by atoms with Crippen LogP contribution in [-0.4, -0.2) is 19.0 Å². The largest absolute Gasteiger partial charge is 0.356 e. The third-order valence-corrected chi connectivity index (χ3v) is 4.23. The van der Waals surface area contributed by atoms with Gasteiger partial charge in [-0.15, -0.1) is 0 Å². The summed E-state index contributed by atoms with van der Waals surface area (Å²) in [6.07, 6.45) is 2.47. The molecule has 1 unspecified atom stereocenters. The summed E-state index contributed by atoms with van der Waals surface area (Å²) in [5.74, 6) is 0.649. The van der Waals surface area contributed by atoms with Crippen molar-refractivity contribution in [1.29, 1.82) is 0 Å². The molecule has 0 aliphatic carbocycles. The number of carbonyl (C=O) groups excluding carboxylic acids is 1. The van der Waals surface area contributed by atoms with Crippen LogP contribution in [0, 0.1) is 0 Å². The molecule has 0 radical (unpaired) electrons. The van der Waals surface area contributed by atoms with Crippen LogP contribution in [0.2, 0.25) is 0 Å². The van der Waals surface area contributed by atoms with Crippen LogP contribution >= 0.6 is 0 Å². The maximum atomic E-state index is 11.8. The standard InChI is InChI=1S/C16H24N2O/c1-12(2)13-4-6-14(7-5-13)16(11-17)8-3-9-18-15(19)10-16/h4-7,12H,3,8-11,17H2,1-2H3,(H,18,19). The summed E-state index contributed by atoms with van der Waals surface area (Å²) >= 11 is 0. The SMILES string of the molecule is CC(C)c1ccc(C2(CN)CCCNC(=O)C2)cc1. The third-order valence-electron chi connectivity index (χ3n) is 4.23. The normalized spacial score (nSPS) is 24.1. The maximum absolute atomic E-state index is 11.8. The molecule has 1 aliphatic rings. The van der Waals surface area contributed by atoms with Crippen LogP contribution in [0.4, 0.5) is 0 Å². The second-order valence-electron chi connectivity index (χ2n) is 5.89. The first-order valence-electron chi connectivity index (χ1n) is 7.14. The predicted octanol–water partition coefficient (Wildman–Crippen LogP) is 2.31. The summed E-state index contributed by atoms with van der Waals surface area (Å²) in [4.78, 5) is 11.8. The van der Waals surface area contributed by atoms with Gasteiger partial charge in [0.2, 0.25) is 5.91 Å². The number of amides is 1. The van der Waals surface area contributed by atoms with Gasteiger partial charge in [0.1, 0.15) is 0 Å². The zero-order valence-corrected chi connectivity index (χ0v) is 11.9. The minimum atomic E-state index is -0.184. The van der Waals surface area contributed by atoms with Crippen molar-refractivity contribution in [3.63, 3.8) is 0 Å². The predicted molar refractivity (Wildman–Crippen MR) is 78.1 cm³/mol. The average molecular weight is 260 g/mol. The minimum absolute atomic E-state index is 0.121. The van der Waals surface area contributed by atoms with Crippen molar-refractivity contribution in [3.05, 3.63) is 35.4 Å². The fourth-order valence-electron chi connectivity index (χ4n) is 2.87. The van der Waals surface area contributed by atoms with Crippen molar-refractivity contribution in [2.75, 3.05) is 13.1 Å². The zero-order valence-electron chi connectivity index (χ0n) is 11.9. The van der Waals surface area contributed by atoms with Crippen molar-refractivity contribution in [3.8, 4) is 0 Å². The van der Waals surface area contributed by atoms with Crippen LogP contribution in [-0.2, 0) is 10.2 Å². The van der Waals surface area contributed by atoms with Crippen LogP contribution in [0.1, 0.15) is 50.2 Å². The summed E-state index contributed by atoms with van der Waals surface area (Å²) in [7, 11) is 0. The maximum Gasteiger partial charge on any atom is 0.220 e. The highest BCUT2D eigenvalue weighted by molar-refractivity contribution is 5.78. The van der Waals surface area contributed by atoms with Gasteiger partial charge in [0, 0.05) is 24.9 Å². The Bertz CT molecular complexity index is 439. The lowest BCUT2D eigenvalue weighted by atomic mass is 9.74. The van der Waals surface area contributed by atoms with E-state index in [1.165, 1.54) is 11.1 Å². The Morgan fingerprint density at radius 3 is 2.58 bits per heavy atom. The molecule has 0 spiro atoms. The van der Waals surface area contributed by atoms with Crippen molar-refractivity contribution >= 4 is 5.91 Å². The second-order valence-corrected chi connectivity index (χ2v) is 5.89. The molecule has 2 rings (SSSR count). The van der Waals surface area contributed by atoms with E-state index < -0.39 is 0 Å². The highest BCUT2D eigenvalue weighted by Gasteiger charge is 2.34. The molecule has 3 nitrogen and oxygen atoms in total. The highest BCUT2D eigenvalue weighted by Crippen LogP contribution is 2.34. The van der Waals surface area contributed by atoms with Gasteiger partial charge in [-0.1, -0.05) is 38.1 Å². The van der Waals surface area contributed by atoms with E-state index >= 15 is 0 Å². The van der Waals surface area contributed by atoms with E-state index in [1.54, 1.807) is 0 Å². The van der Waals surface area contributed by atoms with Crippen LogP contribution in [0.3, 0.4) is 0 Å². The van der Waals surface area contributed by atoms with E-state index in [0.29, 0.717) is 18.9 Å². The quantitative estimate of drug-likeness (QED) is 0.876. The Kier molecular flexibility index (Phi) is 4.25. The lowest BCUT2D eigenvalue weighted by Crippen LogP contribution is -2.38. The van der Waals surface area contributed by atoms with Crippen molar-refractivity contribution < 1.29 is 4.79 Å². The third kappa shape index (κ3) is 2.98. The molecule has 1 saturated heterocycles. The molecule has 1 aromatic carbocycles. The fraction of sp³-hybridized carbons (Fsp3) is 0.562. The monoisotopic (exact) mass is 260 g/mol. The van der Waals surface area contributed by atoms with Gasteiger partial charge in [-0.3, -0.25) is 4.79 Å². The summed E-state index contributed by atoms with van der Waals surface area (Å²) in [6, 6.07) is 8.64. The van der Waals surface area contributed by atoms with E-state index in [-0.39, 0.29) is 11.3 Å². The molecular formula is C16H24N2O. The molecule has 1 aromatic rings. The molecule has 104 valence electrons. The van der Waals surface area contributed by atoms with Gasteiger partial charge in [-0.25, -0.2) is 0 Å². The Balaban J connectivity index is 2.31. The molecule has 3 heteroatoms. The molecule has 1 atom stereocenters. The number of carbonyl (C=O) groups is 1. The number of rotatable bonds is 3. The van der Waals surface area contributed by atoms with Crippen molar-refractivity contribution in [1.82, 2.24) is 5.32 Å². The Hall–Kier alpha value is -1.35. The Morgan fingerprint density at radius 1 is 1.32 bits per heavy atom. The minimum Gasteiger partial charge on any atom is -0.356 e. The van der Waals surface area contributed by atoms with Crippen LogP contribution in [0.25, 0.3) is 0 Å². The number of nitrogens with one attached hydrogen (secondary N) is 1. The molecule has 0 aromatic heterocycles. The van der Waals surface area contributed by atoms with E-state index in [1.807, 2.05) is 0 Å². The fourth-order valence-corrected chi connectivity index (χ4v) is 2.87. The summed E-state index contributed by atoms with van der Waals surface area (Å²) in [6.45, 7) is 5.67. The molecule has 3 N–H and O–H groups in total. The van der Waals surface area contributed by atoms with Crippen molar-refractivity contribution in [2.24, 2.45) is 5.73 Å². The van der Waals surface area contributed by atoms with Gasteiger partial charge < -0.3 is 11.1 Å². The molecule has 1 heterocycles. The topological polar surface area (TPSA) is 55.1 Å². The summed E-state index contributed by atoms with van der Waals surface area (Å²) < 4.78 is 0. The smallest absolute Gasteiger partial charge is 0.220 e. The zero-order chi connectivity index (χ0) is 13.9. The first-order chi connectivity index (χ1) is 9.07. The van der Waals surface area contributed by atoms with Crippen LogP contribution < -0.4 is 11.1 Å². The summed E-state index contributed by atoms with van der Waals surface area (Å²) in [5.41, 5.74) is 8.37. The highest BCUT2D eigenvalue weighted by atomic mass is 16.1. The van der Waals surface area contributed by atoms with E-state index in [4.69, 9.17) is 5.73 Å². The van der Waals surface area contributed by atoms with Gasteiger partial charge in [-0.2, -0.15) is 0 Å². The van der Waals surface area contributed by atoms with Crippen LogP contribution in [0.15, 0.2) is 24.3 Å². The molecule has 1 aliphatic heterocycles. The van der Waals surface area contributed by atoms with Gasteiger partial charge in [0.05, 0.1) is 0 Å². The lowest BCUT2D eigenvalue weighted by molar-refractivity contribution is -0.121. The first kappa shape index (κ1) is 14.1. The molecule has 1 amide bonds. The first-order valence-corrected chi connectivity index (χ1v) is 7.14. The number of nitrogens with two attached hydrogens (primary N) is 1. The second kappa shape index (κ2) is 5.74. The van der Waals surface area contributed by atoms with Crippen molar-refractivity contribution in [2.45, 2.75) is 44.4 Å². The van der Waals surface area contributed by atoms with Gasteiger partial charge in [0.15, 0.2) is 0 Å². The average Bonchev–Trinajstić information content (AvgIpc) is 2.61. The van der Waals surface area contributed by atoms with E-state index in [9.17, 15) is 4.79 Å². The Morgan fingerprint density at radius 2 is 2.00 bits per heavy atom. The number of hydrogen-bond acceptors (Lipinski definition) is 2.